The van der Waals surface area contributed by atoms with Crippen LogP contribution in [0.5, 0.6) is 5.75 Å². The largest absolute Gasteiger partial charge is 0.497 e. The highest BCUT2D eigenvalue weighted by atomic mass is 35.5. The smallest absolute Gasteiger partial charge is 0.345 e. The number of carbonyl (C=O) groups excluding carboxylic acids is 1. The molecule has 3 rings (SSSR count). The number of aromatic nitrogens is 1. The number of benzene rings is 2. The molecular weight excluding hydrogens is 376 g/mol. The first-order valence-electron chi connectivity index (χ1n) is 7.69. The van der Waals surface area contributed by atoms with Crippen LogP contribution in [0.25, 0.3) is 11.3 Å². The molecule has 138 valence electrons. The summed E-state index contributed by atoms with van der Waals surface area (Å²) in [5, 5.41) is 15.1. The molecule has 8 nitrogen and oxygen atoms in total. The van der Waals surface area contributed by atoms with E-state index in [0.29, 0.717) is 17.2 Å². The van der Waals surface area contributed by atoms with Gasteiger partial charge in [-0.2, -0.15) is 0 Å². The third-order valence-electron chi connectivity index (χ3n) is 3.64. The maximum atomic E-state index is 12.2. The summed E-state index contributed by atoms with van der Waals surface area (Å²) in [6, 6.07) is 12.4. The van der Waals surface area contributed by atoms with E-state index < -0.39 is 10.9 Å². The molecule has 0 bridgehead atoms. The molecule has 27 heavy (non-hydrogen) atoms. The van der Waals surface area contributed by atoms with Gasteiger partial charge in [0.15, 0.2) is 5.76 Å². The van der Waals surface area contributed by atoms with E-state index in [1.54, 1.807) is 31.4 Å². The summed E-state index contributed by atoms with van der Waals surface area (Å²) in [6.07, 6.45) is 0. The number of nitrogens with zero attached hydrogens (tertiary/aromatic N) is 2. The van der Waals surface area contributed by atoms with Crippen LogP contribution in [0.15, 0.2) is 53.1 Å². The lowest BCUT2D eigenvalue weighted by Gasteiger charge is -2.04. The lowest BCUT2D eigenvalue weighted by atomic mass is 10.1. The van der Waals surface area contributed by atoms with Gasteiger partial charge in [-0.1, -0.05) is 28.9 Å². The van der Waals surface area contributed by atoms with Crippen LogP contribution in [0.1, 0.15) is 16.1 Å². The van der Waals surface area contributed by atoms with Crippen molar-refractivity contribution in [1.29, 1.82) is 0 Å². The average Bonchev–Trinajstić information content (AvgIpc) is 3.15. The van der Waals surface area contributed by atoms with Gasteiger partial charge in [-0.05, 0) is 24.3 Å². The number of methoxy groups -OCH3 is 1. The van der Waals surface area contributed by atoms with Gasteiger partial charge in [0.2, 0.25) is 0 Å². The van der Waals surface area contributed by atoms with E-state index >= 15 is 0 Å². The predicted molar refractivity (Wildman–Crippen MR) is 95.7 cm³/mol. The molecule has 0 amide bonds. The van der Waals surface area contributed by atoms with Crippen LogP contribution in [0, 0.1) is 10.1 Å². The number of ether oxygens (including phenoxy) is 2. The number of nitro benzene ring substituents is 1. The van der Waals surface area contributed by atoms with E-state index in [4.69, 9.17) is 25.6 Å². The third kappa shape index (κ3) is 4.24. The number of rotatable bonds is 6. The Bertz CT molecular complexity index is 1000. The zero-order chi connectivity index (χ0) is 19.4. The molecule has 0 spiro atoms. The van der Waals surface area contributed by atoms with Crippen LogP contribution in [-0.2, 0) is 11.3 Å². The minimum absolute atomic E-state index is 0.189. The van der Waals surface area contributed by atoms with Gasteiger partial charge in [-0.25, -0.2) is 4.79 Å². The maximum Gasteiger partial charge on any atom is 0.345 e. The second-order valence-corrected chi connectivity index (χ2v) is 5.85. The Morgan fingerprint density at radius 2 is 2.07 bits per heavy atom. The molecule has 1 heterocycles. The summed E-state index contributed by atoms with van der Waals surface area (Å²) in [7, 11) is 1.55. The highest BCUT2D eigenvalue weighted by Crippen LogP contribution is 2.26. The molecule has 9 heteroatoms. The fourth-order valence-electron chi connectivity index (χ4n) is 2.34. The van der Waals surface area contributed by atoms with Crippen molar-refractivity contribution >= 4 is 23.3 Å². The van der Waals surface area contributed by atoms with Crippen LogP contribution in [0.2, 0.25) is 5.02 Å². The van der Waals surface area contributed by atoms with Crippen molar-refractivity contribution in [3.63, 3.8) is 0 Å². The highest BCUT2D eigenvalue weighted by Gasteiger charge is 2.22. The summed E-state index contributed by atoms with van der Waals surface area (Å²) in [5.74, 6) is 0.244. The number of nitro groups is 1. The van der Waals surface area contributed by atoms with Crippen molar-refractivity contribution in [2.75, 3.05) is 7.11 Å². The van der Waals surface area contributed by atoms with E-state index in [0.717, 1.165) is 11.6 Å². The number of halogens is 1. The van der Waals surface area contributed by atoms with Crippen molar-refractivity contribution in [3.05, 3.63) is 74.9 Å². The van der Waals surface area contributed by atoms with Crippen molar-refractivity contribution in [1.82, 2.24) is 5.16 Å². The van der Waals surface area contributed by atoms with E-state index in [9.17, 15) is 14.9 Å². The Labute approximate surface area is 158 Å². The monoisotopic (exact) mass is 388 g/mol. The summed E-state index contributed by atoms with van der Waals surface area (Å²) >= 11 is 5.81. The summed E-state index contributed by atoms with van der Waals surface area (Å²) < 4.78 is 15.5. The van der Waals surface area contributed by atoms with Crippen LogP contribution < -0.4 is 4.74 Å². The van der Waals surface area contributed by atoms with Crippen molar-refractivity contribution in [2.24, 2.45) is 0 Å². The SMILES string of the molecule is COc1cccc(-c2cc(COC(=O)c3cc(Cl)ccc3[N+](=O)[O-])no2)c1. The molecular formula is C18H13ClN2O6. The molecule has 0 radical (unpaired) electrons. The van der Waals surface area contributed by atoms with E-state index in [-0.39, 0.29) is 22.9 Å². The topological polar surface area (TPSA) is 105 Å². The Morgan fingerprint density at radius 3 is 2.81 bits per heavy atom. The zero-order valence-electron chi connectivity index (χ0n) is 14.0. The third-order valence-corrected chi connectivity index (χ3v) is 3.87. The Hall–Kier alpha value is -3.39. The molecule has 0 saturated carbocycles. The molecule has 0 N–H and O–H groups in total. The first kappa shape index (κ1) is 18.4. The Balaban J connectivity index is 1.73. The number of hydrogen-bond acceptors (Lipinski definition) is 7. The molecule has 0 atom stereocenters. The second kappa shape index (κ2) is 7.88. The van der Waals surface area contributed by atoms with Gasteiger partial charge >= 0.3 is 5.97 Å². The number of esters is 1. The number of carbonyl (C=O) groups is 1. The highest BCUT2D eigenvalue weighted by molar-refractivity contribution is 6.31. The molecule has 0 unspecified atom stereocenters. The molecule has 0 aliphatic rings. The minimum Gasteiger partial charge on any atom is -0.497 e. The van der Waals surface area contributed by atoms with Crippen molar-refractivity contribution < 1.29 is 23.7 Å². The second-order valence-electron chi connectivity index (χ2n) is 5.41. The van der Waals surface area contributed by atoms with Crippen LogP contribution >= 0.6 is 11.6 Å². The summed E-state index contributed by atoms with van der Waals surface area (Å²) in [4.78, 5) is 22.6. The quantitative estimate of drug-likeness (QED) is 0.352. The molecule has 3 aromatic rings. The molecule has 0 fully saturated rings. The predicted octanol–water partition coefficient (Wildman–Crippen LogP) is 4.27. The number of hydrogen-bond donors (Lipinski definition) is 0. The van der Waals surface area contributed by atoms with Gasteiger partial charge in [0.1, 0.15) is 23.6 Å². The fourth-order valence-corrected chi connectivity index (χ4v) is 2.51. The van der Waals surface area contributed by atoms with Crippen LogP contribution in [-0.4, -0.2) is 23.2 Å². The summed E-state index contributed by atoms with van der Waals surface area (Å²) in [5.41, 5.74) is 0.474. The Morgan fingerprint density at radius 1 is 1.26 bits per heavy atom. The fraction of sp³-hybridized carbons (Fsp3) is 0.111. The first-order valence-corrected chi connectivity index (χ1v) is 8.07. The van der Waals surface area contributed by atoms with Crippen molar-refractivity contribution in [3.8, 4) is 17.1 Å². The lowest BCUT2D eigenvalue weighted by molar-refractivity contribution is -0.385. The lowest BCUT2D eigenvalue weighted by Crippen LogP contribution is -2.08. The van der Waals surface area contributed by atoms with E-state index in [2.05, 4.69) is 5.16 Å². The summed E-state index contributed by atoms with van der Waals surface area (Å²) in [6.45, 7) is -0.212. The van der Waals surface area contributed by atoms with Gasteiger partial charge < -0.3 is 14.0 Å². The maximum absolute atomic E-state index is 12.2. The van der Waals surface area contributed by atoms with Gasteiger partial charge in [0.25, 0.3) is 5.69 Å². The van der Waals surface area contributed by atoms with Crippen molar-refractivity contribution in [2.45, 2.75) is 6.61 Å². The molecule has 2 aromatic carbocycles. The van der Waals surface area contributed by atoms with E-state index in [1.165, 1.54) is 12.1 Å². The van der Waals surface area contributed by atoms with Gasteiger partial charge in [0, 0.05) is 22.7 Å². The van der Waals surface area contributed by atoms with Gasteiger partial charge in [-0.3, -0.25) is 10.1 Å². The molecule has 0 saturated heterocycles. The van der Waals surface area contributed by atoms with Crippen LogP contribution in [0.3, 0.4) is 0 Å². The zero-order valence-corrected chi connectivity index (χ0v) is 14.8. The Kier molecular flexibility index (Phi) is 5.37. The van der Waals surface area contributed by atoms with E-state index in [1.807, 2.05) is 6.07 Å². The molecule has 0 aliphatic carbocycles. The molecule has 0 aliphatic heterocycles. The van der Waals surface area contributed by atoms with Crippen LogP contribution in [0.4, 0.5) is 5.69 Å². The van der Waals surface area contributed by atoms with Gasteiger partial charge in [0.05, 0.1) is 12.0 Å². The first-order chi connectivity index (χ1) is 13.0. The van der Waals surface area contributed by atoms with Gasteiger partial charge in [-0.15, -0.1) is 0 Å². The molecule has 1 aromatic heterocycles. The minimum atomic E-state index is -0.880. The average molecular weight is 389 g/mol. The standard InChI is InChI=1S/C18H13ClN2O6/c1-25-14-4-2-3-11(7-14)17-9-13(20-27-17)10-26-18(22)15-8-12(19)5-6-16(15)21(23)24/h2-9H,10H2,1H3. The normalized spacial score (nSPS) is 10.4.